The maximum atomic E-state index is 11.9. The molecule has 2 aromatic rings. The molecule has 0 aromatic heterocycles. The van der Waals surface area contributed by atoms with E-state index in [0.717, 1.165) is 5.56 Å². The second kappa shape index (κ2) is 14.8. The average molecular weight is 524 g/mol. The quantitative estimate of drug-likeness (QED) is 0.285. The molecule has 0 radical (unpaired) electrons. The Morgan fingerprint density at radius 2 is 1.60 bits per heavy atom. The van der Waals surface area contributed by atoms with Crippen molar-refractivity contribution in [1.82, 2.24) is 15.5 Å². The Balaban J connectivity index is 0.00000450. The molecule has 1 atom stereocenters. The molecule has 1 amide bonds. The number of carbonyl (C=O) groups is 1. The van der Waals surface area contributed by atoms with E-state index in [0.29, 0.717) is 38.2 Å². The maximum absolute atomic E-state index is 11.9. The first-order valence-corrected chi connectivity index (χ1v) is 9.92. The number of nitrogens with zero attached hydrogens (tertiary/aromatic N) is 2. The highest BCUT2D eigenvalue weighted by Crippen LogP contribution is 2.03. The molecule has 1 unspecified atom stereocenters. The van der Waals surface area contributed by atoms with Gasteiger partial charge in [-0.1, -0.05) is 67.6 Å². The van der Waals surface area contributed by atoms with Gasteiger partial charge in [-0.15, -0.1) is 24.0 Å². The van der Waals surface area contributed by atoms with E-state index >= 15 is 0 Å². The zero-order valence-electron chi connectivity index (χ0n) is 18.0. The lowest BCUT2D eigenvalue weighted by molar-refractivity contribution is -0.127. The minimum atomic E-state index is -0.00143. The third-order valence-electron chi connectivity index (χ3n) is 4.30. The normalized spacial score (nSPS) is 11.9. The van der Waals surface area contributed by atoms with Gasteiger partial charge in [0, 0.05) is 20.6 Å². The lowest BCUT2D eigenvalue weighted by Crippen LogP contribution is -2.44. The van der Waals surface area contributed by atoms with Gasteiger partial charge >= 0.3 is 0 Å². The first-order chi connectivity index (χ1) is 14.0. The van der Waals surface area contributed by atoms with E-state index in [2.05, 4.69) is 34.7 Å². The maximum Gasteiger partial charge on any atom is 0.241 e. The number of aliphatic imine (C=N–C) groups is 1. The van der Waals surface area contributed by atoms with Gasteiger partial charge in [-0.05, 0) is 17.0 Å². The summed E-state index contributed by atoms with van der Waals surface area (Å²) in [5.41, 5.74) is 2.29. The van der Waals surface area contributed by atoms with Crippen LogP contribution in [0.1, 0.15) is 18.1 Å². The molecule has 0 spiro atoms. The summed E-state index contributed by atoms with van der Waals surface area (Å²) in [6.45, 7) is 4.82. The molecule has 0 bridgehead atoms. The smallest absolute Gasteiger partial charge is 0.241 e. The molecular weight excluding hydrogens is 491 g/mol. The summed E-state index contributed by atoms with van der Waals surface area (Å²) in [4.78, 5) is 18.1. The summed E-state index contributed by atoms with van der Waals surface area (Å²) < 4.78 is 5.81. The minimum Gasteiger partial charge on any atom is -0.376 e. The lowest BCUT2D eigenvalue weighted by Gasteiger charge is -2.18. The average Bonchev–Trinajstić information content (AvgIpc) is 2.74. The number of hydrogen-bond donors (Lipinski definition) is 2. The summed E-state index contributed by atoms with van der Waals surface area (Å²) in [6, 6.07) is 20.2. The predicted octanol–water partition coefficient (Wildman–Crippen LogP) is 3.28. The number of guanidine groups is 1. The van der Waals surface area contributed by atoms with Gasteiger partial charge in [-0.25, -0.2) is 4.99 Å². The largest absolute Gasteiger partial charge is 0.376 e. The SMILES string of the molecule is CC(CNC(=NCc1ccccc1)NCC(=O)N(C)C)COCc1ccccc1.I. The van der Waals surface area contributed by atoms with Crippen LogP contribution in [0, 0.1) is 5.92 Å². The second-order valence-electron chi connectivity index (χ2n) is 7.28. The Kier molecular flexibility index (Phi) is 12.8. The predicted molar refractivity (Wildman–Crippen MR) is 133 cm³/mol. The van der Waals surface area contributed by atoms with Crippen molar-refractivity contribution in [1.29, 1.82) is 0 Å². The van der Waals surface area contributed by atoms with Crippen LogP contribution in [0.2, 0.25) is 0 Å². The fourth-order valence-electron chi connectivity index (χ4n) is 2.53. The van der Waals surface area contributed by atoms with Gasteiger partial charge in [0.1, 0.15) is 0 Å². The fourth-order valence-corrected chi connectivity index (χ4v) is 2.53. The van der Waals surface area contributed by atoms with Gasteiger partial charge in [0.2, 0.25) is 5.91 Å². The lowest BCUT2D eigenvalue weighted by atomic mass is 10.2. The highest BCUT2D eigenvalue weighted by molar-refractivity contribution is 14.0. The van der Waals surface area contributed by atoms with E-state index in [-0.39, 0.29) is 36.4 Å². The zero-order valence-corrected chi connectivity index (χ0v) is 20.3. The van der Waals surface area contributed by atoms with E-state index in [9.17, 15) is 4.79 Å². The molecule has 2 rings (SSSR count). The van der Waals surface area contributed by atoms with Crippen molar-refractivity contribution >= 4 is 35.8 Å². The highest BCUT2D eigenvalue weighted by Gasteiger charge is 2.08. The molecule has 2 aromatic carbocycles. The Morgan fingerprint density at radius 3 is 2.20 bits per heavy atom. The Morgan fingerprint density at radius 1 is 1.00 bits per heavy atom. The number of hydrogen-bond acceptors (Lipinski definition) is 3. The molecule has 30 heavy (non-hydrogen) atoms. The second-order valence-corrected chi connectivity index (χ2v) is 7.28. The van der Waals surface area contributed by atoms with Gasteiger partial charge in [-0.2, -0.15) is 0 Å². The minimum absolute atomic E-state index is 0. The summed E-state index contributed by atoms with van der Waals surface area (Å²) >= 11 is 0. The third kappa shape index (κ3) is 10.6. The summed E-state index contributed by atoms with van der Waals surface area (Å²) in [5, 5.41) is 6.44. The molecule has 6 nitrogen and oxygen atoms in total. The van der Waals surface area contributed by atoms with Crippen LogP contribution >= 0.6 is 24.0 Å². The molecule has 0 aliphatic heterocycles. The van der Waals surface area contributed by atoms with Crippen LogP contribution in [-0.4, -0.2) is 50.6 Å². The van der Waals surface area contributed by atoms with Crippen LogP contribution in [0.4, 0.5) is 0 Å². The number of benzene rings is 2. The van der Waals surface area contributed by atoms with Crippen molar-refractivity contribution < 1.29 is 9.53 Å². The molecule has 0 saturated heterocycles. The molecule has 0 fully saturated rings. The molecule has 0 saturated carbocycles. The van der Waals surface area contributed by atoms with Gasteiger partial charge in [0.05, 0.1) is 26.3 Å². The van der Waals surface area contributed by atoms with Gasteiger partial charge in [0.15, 0.2) is 5.96 Å². The summed E-state index contributed by atoms with van der Waals surface area (Å²) in [5.74, 6) is 0.921. The van der Waals surface area contributed by atoms with Crippen molar-refractivity contribution in [3.8, 4) is 0 Å². The van der Waals surface area contributed by atoms with Gasteiger partial charge in [0.25, 0.3) is 0 Å². The van der Waals surface area contributed by atoms with Crippen molar-refractivity contribution in [2.75, 3.05) is 33.8 Å². The standard InChI is InChI=1S/C23H32N4O2.HI/c1-19(17-29-18-21-12-8-5-9-13-21)14-24-23(26-16-22(28)27(2)3)25-15-20-10-6-4-7-11-20;/h4-13,19H,14-18H2,1-3H3,(H2,24,25,26);1H. The first-order valence-electron chi connectivity index (χ1n) is 9.92. The topological polar surface area (TPSA) is 66.0 Å². The number of ether oxygens (including phenoxy) is 1. The zero-order chi connectivity index (χ0) is 20.9. The monoisotopic (exact) mass is 524 g/mol. The van der Waals surface area contributed by atoms with E-state index < -0.39 is 0 Å². The summed E-state index contributed by atoms with van der Waals surface area (Å²) in [6.07, 6.45) is 0. The van der Waals surface area contributed by atoms with E-state index in [1.165, 1.54) is 5.56 Å². The number of nitrogens with one attached hydrogen (secondary N) is 2. The van der Waals surface area contributed by atoms with Crippen LogP contribution in [0.5, 0.6) is 0 Å². The Bertz CT molecular complexity index is 754. The molecule has 0 heterocycles. The molecule has 0 aliphatic rings. The highest BCUT2D eigenvalue weighted by atomic mass is 127. The van der Waals surface area contributed by atoms with Crippen molar-refractivity contribution in [3.63, 3.8) is 0 Å². The summed E-state index contributed by atoms with van der Waals surface area (Å²) in [7, 11) is 3.48. The number of amides is 1. The molecule has 2 N–H and O–H groups in total. The van der Waals surface area contributed by atoms with Gasteiger partial charge in [-0.3, -0.25) is 4.79 Å². The van der Waals surface area contributed by atoms with Crippen LogP contribution in [0.3, 0.4) is 0 Å². The van der Waals surface area contributed by atoms with Crippen LogP contribution in [0.25, 0.3) is 0 Å². The van der Waals surface area contributed by atoms with E-state index in [1.54, 1.807) is 19.0 Å². The molecule has 164 valence electrons. The number of rotatable bonds is 10. The Labute approximate surface area is 197 Å². The number of likely N-dealkylation sites (N-methyl/N-ethyl adjacent to an activating group) is 1. The molecular formula is C23H33IN4O2. The number of halogens is 1. The van der Waals surface area contributed by atoms with Crippen LogP contribution < -0.4 is 10.6 Å². The first kappa shape index (κ1) is 25.9. The Hall–Kier alpha value is -2.13. The molecule has 0 aliphatic carbocycles. The van der Waals surface area contributed by atoms with Crippen molar-refractivity contribution in [2.24, 2.45) is 10.9 Å². The third-order valence-corrected chi connectivity index (χ3v) is 4.30. The fraction of sp³-hybridized carbons (Fsp3) is 0.391. The van der Waals surface area contributed by atoms with Crippen LogP contribution in [0.15, 0.2) is 65.7 Å². The van der Waals surface area contributed by atoms with Gasteiger partial charge < -0.3 is 20.3 Å². The number of carbonyl (C=O) groups excluding carboxylic acids is 1. The molecule has 7 heteroatoms. The van der Waals surface area contributed by atoms with Crippen molar-refractivity contribution in [3.05, 3.63) is 71.8 Å². The van der Waals surface area contributed by atoms with E-state index in [4.69, 9.17) is 4.74 Å². The van der Waals surface area contributed by atoms with Crippen molar-refractivity contribution in [2.45, 2.75) is 20.1 Å². The van der Waals surface area contributed by atoms with E-state index in [1.807, 2.05) is 48.5 Å². The van der Waals surface area contributed by atoms with Crippen LogP contribution in [-0.2, 0) is 22.7 Å².